The summed E-state index contributed by atoms with van der Waals surface area (Å²) in [6, 6.07) is 8.86. The van der Waals surface area contributed by atoms with Crippen LogP contribution in [0, 0.1) is 12.3 Å². The minimum Gasteiger partial charge on any atom is -0.321 e. The molecule has 6 nitrogen and oxygen atoms in total. The number of benzene rings is 1. The zero-order valence-corrected chi connectivity index (χ0v) is 11.6. The van der Waals surface area contributed by atoms with Crippen molar-refractivity contribution in [1.82, 2.24) is 0 Å². The van der Waals surface area contributed by atoms with Crippen molar-refractivity contribution in [3.63, 3.8) is 0 Å². The molecule has 2 aromatic rings. The third-order valence-electron chi connectivity index (χ3n) is 2.58. The molecule has 1 aromatic carbocycles. The van der Waals surface area contributed by atoms with Crippen LogP contribution in [0.2, 0.25) is 0 Å². The number of hydrogen-bond acceptors (Lipinski definition) is 4. The maximum absolute atomic E-state index is 12.1. The molecule has 0 aliphatic carbocycles. The van der Waals surface area contributed by atoms with Crippen LogP contribution in [0.4, 0.5) is 5.69 Å². The molecule has 102 valence electrons. The Bertz CT molecular complexity index is 663. The van der Waals surface area contributed by atoms with Gasteiger partial charge in [0.2, 0.25) is 0 Å². The van der Waals surface area contributed by atoms with Gasteiger partial charge in [-0.3, -0.25) is 10.2 Å². The van der Waals surface area contributed by atoms with Crippen LogP contribution in [0.5, 0.6) is 0 Å². The summed E-state index contributed by atoms with van der Waals surface area (Å²) < 4.78 is 0. The van der Waals surface area contributed by atoms with Crippen molar-refractivity contribution in [2.45, 2.75) is 6.92 Å². The molecule has 0 aliphatic rings. The molecule has 4 N–H and O–H groups in total. The summed E-state index contributed by atoms with van der Waals surface area (Å²) in [5, 5.41) is 19.0. The number of thiophene rings is 1. The zero-order chi connectivity index (χ0) is 14.5. The first-order chi connectivity index (χ1) is 9.61. The predicted molar refractivity (Wildman–Crippen MR) is 79.3 cm³/mol. The number of amidine groups is 1. The van der Waals surface area contributed by atoms with Gasteiger partial charge in [-0.05, 0) is 36.1 Å². The van der Waals surface area contributed by atoms with Crippen molar-refractivity contribution in [3.05, 3.63) is 51.7 Å². The minimum absolute atomic E-state index is 0.103. The van der Waals surface area contributed by atoms with E-state index in [0.29, 0.717) is 16.1 Å². The molecular weight excluding hydrogens is 274 g/mol. The smallest absolute Gasteiger partial charge is 0.265 e. The number of rotatable bonds is 3. The lowest BCUT2D eigenvalue weighted by molar-refractivity contribution is 0.103. The van der Waals surface area contributed by atoms with Gasteiger partial charge in [0.1, 0.15) is 0 Å². The van der Waals surface area contributed by atoms with Crippen molar-refractivity contribution in [2.24, 2.45) is 16.2 Å². The Morgan fingerprint density at radius 2 is 2.20 bits per heavy atom. The molecule has 0 fully saturated rings. The summed E-state index contributed by atoms with van der Waals surface area (Å²) in [5.41, 5.74) is 1.95. The number of aryl methyl sites for hydroxylation is 1. The van der Waals surface area contributed by atoms with Gasteiger partial charge in [-0.1, -0.05) is 17.4 Å². The first-order valence-electron chi connectivity index (χ1n) is 5.77. The summed E-state index contributed by atoms with van der Waals surface area (Å²) in [6.45, 7) is 1.90. The normalized spacial score (nSPS) is 10.7. The summed E-state index contributed by atoms with van der Waals surface area (Å²) >= 11 is 1.35. The highest BCUT2D eigenvalue weighted by molar-refractivity contribution is 7.12. The molecular formula is C13H13N5OS. The zero-order valence-electron chi connectivity index (χ0n) is 10.8. The maximum Gasteiger partial charge on any atom is 0.265 e. The van der Waals surface area contributed by atoms with Crippen LogP contribution < -0.4 is 11.2 Å². The molecule has 0 atom stereocenters. The Morgan fingerprint density at radius 1 is 1.40 bits per heavy atom. The Kier molecular flexibility index (Phi) is 4.21. The van der Waals surface area contributed by atoms with E-state index in [1.54, 1.807) is 24.3 Å². The molecule has 1 heterocycles. The van der Waals surface area contributed by atoms with Crippen LogP contribution in [-0.2, 0) is 0 Å². The lowest BCUT2D eigenvalue weighted by Crippen LogP contribution is -2.13. The summed E-state index contributed by atoms with van der Waals surface area (Å²) in [6.07, 6.45) is 0. The Labute approximate surface area is 119 Å². The molecule has 2 rings (SSSR count). The van der Waals surface area contributed by atoms with Crippen molar-refractivity contribution in [3.8, 4) is 0 Å². The van der Waals surface area contributed by atoms with Crippen molar-refractivity contribution in [2.75, 3.05) is 5.32 Å². The molecule has 1 amide bonds. The largest absolute Gasteiger partial charge is 0.321 e. The average Bonchev–Trinajstić information content (AvgIpc) is 2.93. The second kappa shape index (κ2) is 6.07. The second-order valence-electron chi connectivity index (χ2n) is 4.04. The molecule has 0 saturated carbocycles. The van der Waals surface area contributed by atoms with Crippen LogP contribution in [-0.4, -0.2) is 11.7 Å². The van der Waals surface area contributed by atoms with E-state index in [0.717, 1.165) is 5.56 Å². The molecule has 0 spiro atoms. The molecule has 0 aliphatic heterocycles. The minimum atomic E-state index is -0.218. The van der Waals surface area contributed by atoms with Crippen molar-refractivity contribution in [1.29, 1.82) is 5.41 Å². The fraction of sp³-hybridized carbons (Fsp3) is 0.0769. The van der Waals surface area contributed by atoms with E-state index in [2.05, 4.69) is 15.7 Å². The van der Waals surface area contributed by atoms with Gasteiger partial charge in [-0.2, -0.15) is 0 Å². The lowest BCUT2D eigenvalue weighted by Gasteiger charge is -2.10. The number of nitrogens with one attached hydrogen (secondary N) is 2. The van der Waals surface area contributed by atoms with E-state index < -0.39 is 0 Å². The van der Waals surface area contributed by atoms with Gasteiger partial charge >= 0.3 is 0 Å². The summed E-state index contributed by atoms with van der Waals surface area (Å²) in [7, 11) is 0. The third kappa shape index (κ3) is 3.07. The number of carbonyl (C=O) groups is 1. The fourth-order valence-corrected chi connectivity index (χ4v) is 2.29. The number of hydrogen-bond donors (Lipinski definition) is 3. The number of nitrogens with two attached hydrogens (primary N) is 1. The topological polar surface area (TPSA) is 104 Å². The van der Waals surface area contributed by atoms with E-state index in [9.17, 15) is 4.79 Å². The number of nitrogens with zero attached hydrogens (tertiary/aromatic N) is 2. The summed E-state index contributed by atoms with van der Waals surface area (Å²) in [4.78, 5) is 12.7. The standard InChI is InChI=1S/C13H13N5OS/c1-8-4-5-9(12(14)17-18-15)10(7-8)16-13(19)11-3-2-6-20-11/h2-7H,1H3,(H,16,19)(H3,14,15,17). The van der Waals surface area contributed by atoms with Crippen molar-refractivity contribution >= 4 is 28.8 Å². The van der Waals surface area contributed by atoms with Crippen molar-refractivity contribution < 1.29 is 4.79 Å². The van der Waals surface area contributed by atoms with Gasteiger partial charge < -0.3 is 11.2 Å². The van der Waals surface area contributed by atoms with Gasteiger partial charge in [-0.15, -0.1) is 16.5 Å². The molecule has 20 heavy (non-hydrogen) atoms. The molecule has 0 radical (unpaired) electrons. The molecule has 0 unspecified atom stereocenters. The monoisotopic (exact) mass is 287 g/mol. The van der Waals surface area contributed by atoms with Crippen LogP contribution in [0.25, 0.3) is 0 Å². The summed E-state index contributed by atoms with van der Waals surface area (Å²) in [5.74, 6) is 4.64. The lowest BCUT2D eigenvalue weighted by atomic mass is 10.1. The van der Waals surface area contributed by atoms with E-state index >= 15 is 0 Å². The number of amides is 1. The van der Waals surface area contributed by atoms with Gasteiger partial charge in [0.05, 0.1) is 10.6 Å². The van der Waals surface area contributed by atoms with E-state index in [1.165, 1.54) is 11.3 Å². The van der Waals surface area contributed by atoms with Gasteiger partial charge in [0, 0.05) is 5.56 Å². The van der Waals surface area contributed by atoms with E-state index in [4.69, 9.17) is 11.3 Å². The Balaban J connectivity index is 2.32. The van der Waals surface area contributed by atoms with Gasteiger partial charge in [0.15, 0.2) is 5.84 Å². The maximum atomic E-state index is 12.1. The number of anilines is 1. The highest BCUT2D eigenvalue weighted by Gasteiger charge is 2.13. The van der Waals surface area contributed by atoms with Crippen LogP contribution in [0.15, 0.2) is 46.0 Å². The first-order valence-corrected chi connectivity index (χ1v) is 6.65. The highest BCUT2D eigenvalue weighted by atomic mass is 32.1. The third-order valence-corrected chi connectivity index (χ3v) is 3.45. The van der Waals surface area contributed by atoms with Crippen LogP contribution in [0.1, 0.15) is 20.8 Å². The Morgan fingerprint density at radius 3 is 2.85 bits per heavy atom. The van der Waals surface area contributed by atoms with Crippen LogP contribution in [0.3, 0.4) is 0 Å². The van der Waals surface area contributed by atoms with Gasteiger partial charge in [0.25, 0.3) is 5.91 Å². The first kappa shape index (κ1) is 13.9. The average molecular weight is 287 g/mol. The van der Waals surface area contributed by atoms with Crippen LogP contribution >= 0.6 is 11.3 Å². The van der Waals surface area contributed by atoms with Gasteiger partial charge in [-0.25, -0.2) is 0 Å². The van der Waals surface area contributed by atoms with E-state index in [1.807, 2.05) is 18.4 Å². The second-order valence-corrected chi connectivity index (χ2v) is 4.99. The molecule has 0 bridgehead atoms. The quantitative estimate of drug-likeness (QED) is 0.265. The molecule has 1 aromatic heterocycles. The highest BCUT2D eigenvalue weighted by Crippen LogP contribution is 2.20. The number of carbonyl (C=O) groups excluding carboxylic acids is 1. The van der Waals surface area contributed by atoms with E-state index in [-0.39, 0.29) is 11.7 Å². The predicted octanol–water partition coefficient (Wildman–Crippen LogP) is 2.96. The fourth-order valence-electron chi connectivity index (χ4n) is 1.67. The SMILES string of the molecule is Cc1ccc(C(=N)N=NN)c(NC(=O)c2cccs2)c1. The molecule has 7 heteroatoms. The Hall–Kier alpha value is -2.54. The molecule has 0 saturated heterocycles.